The van der Waals surface area contributed by atoms with E-state index in [0.717, 1.165) is 6.42 Å². The van der Waals surface area contributed by atoms with Crippen LogP contribution in [0.15, 0.2) is 0 Å². The van der Waals surface area contributed by atoms with E-state index in [1.54, 1.807) is 4.90 Å². The minimum atomic E-state index is -0.955. The molecule has 0 bridgehead atoms. The standard InChI is InChI=1S/C15H28N2O3/c1-11(2)9-12(3)10-14(19)16-5-7-17(8-6-16)15(20)13(4)18/h11-13,18H,5-10H2,1-4H3. The smallest absolute Gasteiger partial charge is 0.251 e. The van der Waals surface area contributed by atoms with Gasteiger partial charge in [0.2, 0.25) is 5.91 Å². The Morgan fingerprint density at radius 1 is 1.00 bits per heavy atom. The molecule has 1 saturated heterocycles. The third-order valence-electron chi connectivity index (χ3n) is 3.70. The average Bonchev–Trinajstić information content (AvgIpc) is 2.36. The summed E-state index contributed by atoms with van der Waals surface area (Å²) in [7, 11) is 0. The molecule has 0 aromatic carbocycles. The van der Waals surface area contributed by atoms with Crippen LogP contribution in [0, 0.1) is 11.8 Å². The number of carbonyl (C=O) groups excluding carboxylic acids is 2. The largest absolute Gasteiger partial charge is 0.384 e. The van der Waals surface area contributed by atoms with Gasteiger partial charge in [-0.2, -0.15) is 0 Å². The molecule has 2 amide bonds. The highest BCUT2D eigenvalue weighted by Crippen LogP contribution is 2.16. The number of aliphatic hydroxyl groups is 1. The minimum absolute atomic E-state index is 0.183. The molecule has 0 aliphatic carbocycles. The lowest BCUT2D eigenvalue weighted by Crippen LogP contribution is -2.52. The van der Waals surface area contributed by atoms with Crippen LogP contribution in [0.3, 0.4) is 0 Å². The molecule has 0 spiro atoms. The van der Waals surface area contributed by atoms with E-state index < -0.39 is 6.10 Å². The zero-order valence-electron chi connectivity index (χ0n) is 13.1. The van der Waals surface area contributed by atoms with Crippen molar-refractivity contribution in [1.82, 2.24) is 9.80 Å². The summed E-state index contributed by atoms with van der Waals surface area (Å²) in [4.78, 5) is 27.3. The number of aliphatic hydroxyl groups excluding tert-OH is 1. The van der Waals surface area contributed by atoms with Crippen LogP contribution >= 0.6 is 0 Å². The van der Waals surface area contributed by atoms with Crippen LogP contribution in [0.4, 0.5) is 0 Å². The summed E-state index contributed by atoms with van der Waals surface area (Å²) < 4.78 is 0. The molecule has 2 atom stereocenters. The second-order valence-corrected chi connectivity index (χ2v) is 6.32. The maximum atomic E-state index is 12.2. The van der Waals surface area contributed by atoms with E-state index in [4.69, 9.17) is 0 Å². The second-order valence-electron chi connectivity index (χ2n) is 6.32. The number of carbonyl (C=O) groups is 2. The van der Waals surface area contributed by atoms with E-state index in [-0.39, 0.29) is 11.8 Å². The summed E-state index contributed by atoms with van der Waals surface area (Å²) in [5, 5.41) is 9.28. The molecule has 5 nitrogen and oxygen atoms in total. The Balaban J connectivity index is 2.37. The molecule has 1 N–H and O–H groups in total. The Morgan fingerprint density at radius 3 is 1.95 bits per heavy atom. The van der Waals surface area contributed by atoms with Crippen LogP contribution in [0.25, 0.3) is 0 Å². The molecule has 0 aromatic rings. The van der Waals surface area contributed by atoms with Crippen molar-refractivity contribution in [2.24, 2.45) is 11.8 Å². The molecule has 0 radical (unpaired) electrons. The van der Waals surface area contributed by atoms with Crippen LogP contribution in [-0.4, -0.2) is 59.0 Å². The van der Waals surface area contributed by atoms with Crippen molar-refractivity contribution in [3.63, 3.8) is 0 Å². The van der Waals surface area contributed by atoms with Crippen molar-refractivity contribution < 1.29 is 14.7 Å². The highest BCUT2D eigenvalue weighted by atomic mass is 16.3. The molecular weight excluding hydrogens is 256 g/mol. The highest BCUT2D eigenvalue weighted by molar-refractivity contribution is 5.81. The van der Waals surface area contributed by atoms with Crippen molar-refractivity contribution in [3.8, 4) is 0 Å². The van der Waals surface area contributed by atoms with Gasteiger partial charge in [0.25, 0.3) is 5.91 Å². The van der Waals surface area contributed by atoms with E-state index in [1.807, 2.05) is 4.90 Å². The first kappa shape index (κ1) is 17.0. The van der Waals surface area contributed by atoms with Crippen LogP contribution in [-0.2, 0) is 9.59 Å². The number of hydrogen-bond acceptors (Lipinski definition) is 3. The predicted molar refractivity (Wildman–Crippen MR) is 78.1 cm³/mol. The lowest BCUT2D eigenvalue weighted by molar-refractivity contribution is -0.145. The maximum absolute atomic E-state index is 12.2. The van der Waals surface area contributed by atoms with Gasteiger partial charge in [-0.3, -0.25) is 9.59 Å². The SMILES string of the molecule is CC(C)CC(C)CC(=O)N1CCN(C(=O)C(C)O)CC1. The molecule has 1 fully saturated rings. The molecule has 1 rings (SSSR count). The quantitative estimate of drug-likeness (QED) is 0.822. The summed E-state index contributed by atoms with van der Waals surface area (Å²) in [6.45, 7) is 10.1. The van der Waals surface area contributed by atoms with Gasteiger partial charge >= 0.3 is 0 Å². The van der Waals surface area contributed by atoms with Crippen molar-refractivity contribution in [2.75, 3.05) is 26.2 Å². The van der Waals surface area contributed by atoms with Gasteiger partial charge in [-0.15, -0.1) is 0 Å². The van der Waals surface area contributed by atoms with Gasteiger partial charge in [0, 0.05) is 32.6 Å². The molecule has 1 aliphatic rings. The van der Waals surface area contributed by atoms with Crippen LogP contribution < -0.4 is 0 Å². The molecule has 116 valence electrons. The number of piperazine rings is 1. The normalized spacial score (nSPS) is 19.1. The van der Waals surface area contributed by atoms with Crippen molar-refractivity contribution in [3.05, 3.63) is 0 Å². The zero-order valence-corrected chi connectivity index (χ0v) is 13.1. The highest BCUT2D eigenvalue weighted by Gasteiger charge is 2.26. The fraction of sp³-hybridized carbons (Fsp3) is 0.867. The third-order valence-corrected chi connectivity index (χ3v) is 3.70. The topological polar surface area (TPSA) is 60.9 Å². The third kappa shape index (κ3) is 5.12. The lowest BCUT2D eigenvalue weighted by Gasteiger charge is -2.35. The Kier molecular flexibility index (Phi) is 6.46. The van der Waals surface area contributed by atoms with E-state index in [0.29, 0.717) is 44.4 Å². The lowest BCUT2D eigenvalue weighted by atomic mass is 9.95. The number of hydrogen-bond donors (Lipinski definition) is 1. The first-order chi connectivity index (χ1) is 9.31. The Labute approximate surface area is 121 Å². The molecule has 1 aliphatic heterocycles. The number of nitrogens with zero attached hydrogens (tertiary/aromatic N) is 2. The molecule has 0 aromatic heterocycles. The zero-order chi connectivity index (χ0) is 15.3. The second kappa shape index (κ2) is 7.62. The van der Waals surface area contributed by atoms with Gasteiger partial charge in [-0.1, -0.05) is 20.8 Å². The minimum Gasteiger partial charge on any atom is -0.384 e. The number of amides is 2. The Bertz CT molecular complexity index is 334. The van der Waals surface area contributed by atoms with Crippen LogP contribution in [0.1, 0.15) is 40.5 Å². The van der Waals surface area contributed by atoms with Gasteiger partial charge in [0.05, 0.1) is 0 Å². The van der Waals surface area contributed by atoms with Crippen LogP contribution in [0.2, 0.25) is 0 Å². The van der Waals surface area contributed by atoms with Crippen molar-refractivity contribution in [2.45, 2.75) is 46.6 Å². The first-order valence-electron chi connectivity index (χ1n) is 7.55. The predicted octanol–water partition coefficient (Wildman–Crippen LogP) is 1.11. The molecule has 1 heterocycles. The van der Waals surface area contributed by atoms with E-state index in [9.17, 15) is 14.7 Å². The van der Waals surface area contributed by atoms with Crippen molar-refractivity contribution in [1.29, 1.82) is 0 Å². The summed E-state index contributed by atoms with van der Waals surface area (Å²) in [6.07, 6.45) is 0.692. The van der Waals surface area contributed by atoms with Crippen LogP contribution in [0.5, 0.6) is 0 Å². The van der Waals surface area contributed by atoms with Gasteiger partial charge in [-0.25, -0.2) is 0 Å². The number of rotatable bonds is 5. The first-order valence-corrected chi connectivity index (χ1v) is 7.55. The van der Waals surface area contributed by atoms with Gasteiger partial charge in [-0.05, 0) is 25.2 Å². The van der Waals surface area contributed by atoms with E-state index in [2.05, 4.69) is 20.8 Å². The monoisotopic (exact) mass is 284 g/mol. The van der Waals surface area contributed by atoms with E-state index >= 15 is 0 Å². The molecule has 0 saturated carbocycles. The summed E-state index contributed by atoms with van der Waals surface area (Å²) >= 11 is 0. The van der Waals surface area contributed by atoms with Crippen molar-refractivity contribution >= 4 is 11.8 Å². The summed E-state index contributed by atoms with van der Waals surface area (Å²) in [6, 6.07) is 0. The molecule has 2 unspecified atom stereocenters. The Hall–Kier alpha value is -1.10. The van der Waals surface area contributed by atoms with E-state index in [1.165, 1.54) is 6.92 Å². The molecule has 5 heteroatoms. The van der Waals surface area contributed by atoms with Gasteiger partial charge < -0.3 is 14.9 Å². The molecule has 20 heavy (non-hydrogen) atoms. The van der Waals surface area contributed by atoms with Gasteiger partial charge in [0.1, 0.15) is 6.10 Å². The fourth-order valence-electron chi connectivity index (χ4n) is 2.76. The Morgan fingerprint density at radius 2 is 1.50 bits per heavy atom. The fourth-order valence-corrected chi connectivity index (χ4v) is 2.76. The average molecular weight is 284 g/mol. The summed E-state index contributed by atoms with van der Waals surface area (Å²) in [5.41, 5.74) is 0. The molecular formula is C15H28N2O3. The summed E-state index contributed by atoms with van der Waals surface area (Å²) in [5.74, 6) is 0.950. The maximum Gasteiger partial charge on any atom is 0.251 e. The van der Waals surface area contributed by atoms with Gasteiger partial charge in [0.15, 0.2) is 0 Å².